The van der Waals surface area contributed by atoms with E-state index < -0.39 is 30.2 Å². The van der Waals surface area contributed by atoms with Crippen LogP contribution in [-0.4, -0.2) is 43.4 Å². The highest BCUT2D eigenvalue weighted by atomic mass is 16.7. The van der Waals surface area contributed by atoms with E-state index in [-0.39, 0.29) is 6.61 Å². The molecule has 6 rings (SSSR count). The summed E-state index contributed by atoms with van der Waals surface area (Å²) in [5.74, 6) is -1.22. The maximum atomic E-state index is 6.94. The first-order valence-corrected chi connectivity index (χ1v) is 15.9. The predicted octanol–water partition coefficient (Wildman–Crippen LogP) is 7.59. The largest absolute Gasteiger partial charge is 0.374 e. The molecule has 5 atom stereocenters. The molecule has 0 aromatic heterocycles. The Hall–Kier alpha value is -3.88. The lowest BCUT2D eigenvalue weighted by molar-refractivity contribution is -0.357. The van der Waals surface area contributed by atoms with Gasteiger partial charge in [0.05, 0.1) is 39.6 Å². The van der Waals surface area contributed by atoms with Gasteiger partial charge in [-0.3, -0.25) is 0 Å². The topological polar surface area (TPSA) is 55.4 Å². The summed E-state index contributed by atoms with van der Waals surface area (Å²) in [7, 11) is 0. The van der Waals surface area contributed by atoms with E-state index in [1.807, 2.05) is 110 Å². The Morgan fingerprint density at radius 2 is 1.11 bits per heavy atom. The third-order valence-electron chi connectivity index (χ3n) is 8.33. The van der Waals surface area contributed by atoms with Gasteiger partial charge in [-0.1, -0.05) is 133 Å². The molecule has 1 fully saturated rings. The Labute approximate surface area is 272 Å². The first kappa shape index (κ1) is 32.1. The molecule has 46 heavy (non-hydrogen) atoms. The zero-order valence-electron chi connectivity index (χ0n) is 26.3. The van der Waals surface area contributed by atoms with Crippen molar-refractivity contribution < 1.29 is 28.4 Å². The van der Waals surface area contributed by atoms with Gasteiger partial charge in [0.25, 0.3) is 0 Å². The molecule has 2 aliphatic heterocycles. The van der Waals surface area contributed by atoms with Crippen molar-refractivity contribution in [1.29, 1.82) is 0 Å². The fourth-order valence-electron chi connectivity index (χ4n) is 5.86. The molecule has 3 unspecified atom stereocenters. The summed E-state index contributed by atoms with van der Waals surface area (Å²) >= 11 is 0. The summed E-state index contributed by atoms with van der Waals surface area (Å²) in [5.41, 5.74) is 6.12. The van der Waals surface area contributed by atoms with Crippen LogP contribution in [0.4, 0.5) is 0 Å². The Morgan fingerprint density at radius 3 is 1.59 bits per heavy atom. The third kappa shape index (κ3) is 8.09. The fraction of sp³-hybridized carbons (Fsp3) is 0.300. The molecule has 1 spiro atoms. The van der Waals surface area contributed by atoms with Gasteiger partial charge in [-0.15, -0.1) is 0 Å². The minimum atomic E-state index is -1.22. The molecule has 6 heteroatoms. The smallest absolute Gasteiger partial charge is 0.219 e. The van der Waals surface area contributed by atoms with Crippen molar-refractivity contribution in [3.8, 4) is 0 Å². The van der Waals surface area contributed by atoms with Gasteiger partial charge in [0.15, 0.2) is 0 Å². The highest BCUT2D eigenvalue weighted by Crippen LogP contribution is 2.43. The first-order chi connectivity index (χ1) is 22.6. The van der Waals surface area contributed by atoms with Crippen molar-refractivity contribution in [1.82, 2.24) is 0 Å². The average molecular weight is 619 g/mol. The van der Waals surface area contributed by atoms with Crippen LogP contribution in [0.1, 0.15) is 29.2 Å². The van der Waals surface area contributed by atoms with Crippen LogP contribution in [0.5, 0.6) is 0 Å². The molecule has 238 valence electrons. The molecule has 0 radical (unpaired) electrons. The van der Waals surface area contributed by atoms with Gasteiger partial charge in [-0.2, -0.15) is 0 Å². The first-order valence-electron chi connectivity index (χ1n) is 15.9. The van der Waals surface area contributed by atoms with E-state index in [1.54, 1.807) is 0 Å². The van der Waals surface area contributed by atoms with Crippen LogP contribution in [0.3, 0.4) is 0 Å². The van der Waals surface area contributed by atoms with Crippen molar-refractivity contribution in [2.75, 3.05) is 13.2 Å². The van der Waals surface area contributed by atoms with Gasteiger partial charge in [0, 0.05) is 0 Å². The van der Waals surface area contributed by atoms with E-state index in [0.29, 0.717) is 33.0 Å². The molecule has 0 saturated carbocycles. The minimum absolute atomic E-state index is 0.270. The monoisotopic (exact) mass is 618 g/mol. The van der Waals surface area contributed by atoms with Crippen LogP contribution in [0.15, 0.2) is 145 Å². The van der Waals surface area contributed by atoms with Crippen molar-refractivity contribution in [2.24, 2.45) is 0 Å². The molecule has 6 nitrogen and oxygen atoms in total. The molecule has 1 saturated heterocycles. The summed E-state index contributed by atoms with van der Waals surface area (Å²) < 4.78 is 40.1. The van der Waals surface area contributed by atoms with Crippen LogP contribution in [-0.2, 0) is 54.8 Å². The van der Waals surface area contributed by atoms with Crippen molar-refractivity contribution in [3.63, 3.8) is 0 Å². The molecule has 0 amide bonds. The average Bonchev–Trinajstić information content (AvgIpc) is 3.53. The van der Waals surface area contributed by atoms with E-state index in [9.17, 15) is 0 Å². The molecule has 0 bridgehead atoms. The number of rotatable bonds is 14. The van der Waals surface area contributed by atoms with Gasteiger partial charge in [0.1, 0.15) is 24.4 Å². The van der Waals surface area contributed by atoms with Gasteiger partial charge >= 0.3 is 0 Å². The highest BCUT2D eigenvalue weighted by molar-refractivity contribution is 5.34. The summed E-state index contributed by atoms with van der Waals surface area (Å²) in [6, 6.07) is 40.5. The van der Waals surface area contributed by atoms with Gasteiger partial charge in [0.2, 0.25) is 5.79 Å². The molecule has 4 aromatic rings. The van der Waals surface area contributed by atoms with Crippen LogP contribution in [0, 0.1) is 0 Å². The predicted molar refractivity (Wildman–Crippen MR) is 178 cm³/mol. The minimum Gasteiger partial charge on any atom is -0.374 e. The molecular weight excluding hydrogens is 576 g/mol. The molecule has 0 N–H and O–H groups in total. The molecular formula is C40H42O6. The molecule has 4 aromatic carbocycles. The molecule has 2 aliphatic rings. The number of hydrogen-bond acceptors (Lipinski definition) is 6. The normalized spacial score (nSPS) is 24.2. The van der Waals surface area contributed by atoms with E-state index in [1.165, 1.54) is 0 Å². The van der Waals surface area contributed by atoms with E-state index in [2.05, 4.69) is 30.8 Å². The standard InChI is InChI=1S/C40H42O6/c1-30(2)35-23-40(45-28-35)39(44-27-34-21-13-6-14-22-34)38(43-26-33-19-11-5-12-20-33)37(42-25-32-17-9-4-10-18-32)36(46-40)29-41-24-31-15-7-3-8-16-31/h3-23,36-39H,1,24-29H2,2H3/t36?,37-,38?,39?,40+/m1/s1. The van der Waals surface area contributed by atoms with Gasteiger partial charge in [-0.25, -0.2) is 0 Å². The molecule has 2 heterocycles. The molecule has 0 aliphatic carbocycles. The summed E-state index contributed by atoms with van der Waals surface area (Å²) in [6.45, 7) is 8.33. The van der Waals surface area contributed by atoms with Gasteiger partial charge < -0.3 is 28.4 Å². The zero-order chi connectivity index (χ0) is 31.6. The number of hydrogen-bond donors (Lipinski definition) is 0. The Balaban J connectivity index is 1.35. The second-order valence-corrected chi connectivity index (χ2v) is 11.9. The Bertz CT molecular complexity index is 1540. The highest BCUT2D eigenvalue weighted by Gasteiger charge is 2.58. The summed E-state index contributed by atoms with van der Waals surface area (Å²) in [6.07, 6.45) is -0.254. The number of ether oxygens (including phenoxy) is 6. The van der Waals surface area contributed by atoms with Crippen LogP contribution >= 0.6 is 0 Å². The maximum Gasteiger partial charge on any atom is 0.219 e. The lowest BCUT2D eigenvalue weighted by Crippen LogP contribution is -2.66. The third-order valence-corrected chi connectivity index (χ3v) is 8.33. The van der Waals surface area contributed by atoms with Gasteiger partial charge in [-0.05, 0) is 40.8 Å². The summed E-state index contributed by atoms with van der Waals surface area (Å²) in [5, 5.41) is 0. The summed E-state index contributed by atoms with van der Waals surface area (Å²) in [4.78, 5) is 0. The second kappa shape index (κ2) is 15.6. The van der Waals surface area contributed by atoms with Crippen LogP contribution in [0.2, 0.25) is 0 Å². The quantitative estimate of drug-likeness (QED) is 0.145. The fourth-order valence-corrected chi connectivity index (χ4v) is 5.86. The Kier molecular flexibility index (Phi) is 10.9. The van der Waals surface area contributed by atoms with Crippen molar-refractivity contribution >= 4 is 0 Å². The van der Waals surface area contributed by atoms with E-state index >= 15 is 0 Å². The maximum absolute atomic E-state index is 6.94. The SMILES string of the molecule is C=C(C)C1=C[C@]2(OC1)OC(COCc1ccccc1)[C@@H](OCc1ccccc1)C(OCc1ccccc1)C2OCc1ccccc1. The zero-order valence-corrected chi connectivity index (χ0v) is 26.3. The van der Waals surface area contributed by atoms with Crippen molar-refractivity contribution in [2.45, 2.75) is 63.6 Å². The second-order valence-electron chi connectivity index (χ2n) is 11.9. The van der Waals surface area contributed by atoms with E-state index in [4.69, 9.17) is 28.4 Å². The van der Waals surface area contributed by atoms with E-state index in [0.717, 1.165) is 33.4 Å². The lowest BCUT2D eigenvalue weighted by Gasteiger charge is -2.50. The lowest BCUT2D eigenvalue weighted by atomic mass is 9.90. The van der Waals surface area contributed by atoms with Crippen molar-refractivity contribution in [3.05, 3.63) is 167 Å². The number of benzene rings is 4. The van der Waals surface area contributed by atoms with Crippen LogP contribution in [0.25, 0.3) is 0 Å². The Morgan fingerprint density at radius 1 is 0.652 bits per heavy atom. The van der Waals surface area contributed by atoms with Crippen LogP contribution < -0.4 is 0 Å².